The normalized spacial score (nSPS) is 14.3. The molecule has 0 radical (unpaired) electrons. The molecule has 3 amide bonds. The molecule has 2 aromatic rings. The molecule has 1 aliphatic carbocycles. The highest BCUT2D eigenvalue weighted by Gasteiger charge is 2.19. The Morgan fingerprint density at radius 1 is 1.31 bits per heavy atom. The third-order valence-electron chi connectivity index (χ3n) is 4.28. The van der Waals surface area contributed by atoms with E-state index in [0.717, 1.165) is 36.3 Å². The molecule has 2 N–H and O–H groups in total. The number of rotatable bonds is 4. The maximum Gasteiger partial charge on any atom is 0.321 e. The minimum atomic E-state index is -0.672. The molecule has 1 aliphatic rings. The molecule has 0 aliphatic heterocycles. The molecule has 26 heavy (non-hydrogen) atoms. The van der Waals surface area contributed by atoms with E-state index < -0.39 is 29.0 Å². The van der Waals surface area contributed by atoms with Gasteiger partial charge >= 0.3 is 6.03 Å². The Bertz CT molecular complexity index is 932. The van der Waals surface area contributed by atoms with Crippen molar-refractivity contribution in [3.8, 4) is 0 Å². The van der Waals surface area contributed by atoms with Crippen LogP contribution in [-0.2, 0) is 11.3 Å². The minimum Gasteiger partial charge on any atom is -0.335 e. The van der Waals surface area contributed by atoms with Crippen LogP contribution in [0.1, 0.15) is 25.7 Å². The Hall–Kier alpha value is -3.30. The molecule has 10 heteroatoms. The van der Waals surface area contributed by atoms with Crippen LogP contribution in [0, 0.1) is 10.1 Å². The second kappa shape index (κ2) is 7.30. The summed E-state index contributed by atoms with van der Waals surface area (Å²) in [5.74, 6) is -0.672. The fourth-order valence-electron chi connectivity index (χ4n) is 2.99. The van der Waals surface area contributed by atoms with Crippen LogP contribution in [0.2, 0.25) is 0 Å². The third kappa shape index (κ3) is 3.85. The van der Waals surface area contributed by atoms with Gasteiger partial charge in [0.05, 0.1) is 22.2 Å². The number of hydrogen-bond donors (Lipinski definition) is 2. The van der Waals surface area contributed by atoms with Crippen LogP contribution in [0.15, 0.2) is 29.3 Å². The monoisotopic (exact) mass is 359 g/mol. The first-order chi connectivity index (χ1) is 12.4. The van der Waals surface area contributed by atoms with Crippen LogP contribution in [0.4, 0.5) is 10.5 Å². The third-order valence-corrected chi connectivity index (χ3v) is 4.28. The maximum atomic E-state index is 12.4. The molecule has 136 valence electrons. The number of amides is 3. The number of hydrogen-bond acceptors (Lipinski definition) is 6. The molecule has 0 bridgehead atoms. The molecular weight excluding hydrogens is 342 g/mol. The highest BCUT2D eigenvalue weighted by Crippen LogP contribution is 2.17. The van der Waals surface area contributed by atoms with Crippen molar-refractivity contribution in [1.82, 2.24) is 20.2 Å². The van der Waals surface area contributed by atoms with Gasteiger partial charge in [0, 0.05) is 18.2 Å². The average molecular weight is 359 g/mol. The Morgan fingerprint density at radius 2 is 2.04 bits per heavy atom. The van der Waals surface area contributed by atoms with E-state index in [2.05, 4.69) is 15.6 Å². The molecule has 1 aromatic carbocycles. The summed E-state index contributed by atoms with van der Waals surface area (Å²) in [5, 5.41) is 15.8. The van der Waals surface area contributed by atoms with E-state index >= 15 is 0 Å². The smallest absolute Gasteiger partial charge is 0.321 e. The van der Waals surface area contributed by atoms with E-state index in [-0.39, 0.29) is 22.6 Å². The van der Waals surface area contributed by atoms with Gasteiger partial charge in [-0.05, 0) is 18.9 Å². The molecule has 1 heterocycles. The number of non-ortho nitro benzene ring substituents is 1. The number of carbonyl (C=O) groups excluding carboxylic acids is 2. The Balaban J connectivity index is 1.72. The number of benzene rings is 1. The summed E-state index contributed by atoms with van der Waals surface area (Å²) >= 11 is 0. The molecular formula is C16H17N5O5. The van der Waals surface area contributed by atoms with Gasteiger partial charge in [0.2, 0.25) is 5.91 Å². The first-order valence-corrected chi connectivity index (χ1v) is 8.18. The number of urea groups is 1. The van der Waals surface area contributed by atoms with Gasteiger partial charge in [-0.25, -0.2) is 9.78 Å². The number of nitrogens with one attached hydrogen (secondary N) is 2. The van der Waals surface area contributed by atoms with E-state index in [0.29, 0.717) is 0 Å². The van der Waals surface area contributed by atoms with Crippen molar-refractivity contribution < 1.29 is 14.5 Å². The SMILES string of the molecule is O=C(Cn1cnc2ccc([N+](=O)[O-])cc2c1=O)NC(=O)NC1CCCC1. The molecule has 0 unspecified atom stereocenters. The van der Waals surface area contributed by atoms with Gasteiger partial charge in [0.15, 0.2) is 0 Å². The Labute approximate surface area is 147 Å². The molecule has 1 saturated carbocycles. The van der Waals surface area contributed by atoms with Crippen LogP contribution in [0.5, 0.6) is 0 Å². The lowest BCUT2D eigenvalue weighted by atomic mass is 10.2. The standard InChI is InChI=1S/C16H17N5O5/c22-14(19-16(24)18-10-3-1-2-4-10)8-20-9-17-13-6-5-11(21(25)26)7-12(13)15(20)23/h5-7,9-10H,1-4,8H2,(H2,18,19,22,24). The van der Waals surface area contributed by atoms with E-state index in [1.807, 2.05) is 0 Å². The summed E-state index contributed by atoms with van der Waals surface area (Å²) in [6, 6.07) is 3.20. The Kier molecular flexibility index (Phi) is 4.92. The average Bonchev–Trinajstić information content (AvgIpc) is 3.09. The van der Waals surface area contributed by atoms with Crippen molar-refractivity contribution >= 4 is 28.5 Å². The lowest BCUT2D eigenvalue weighted by Gasteiger charge is -2.12. The molecule has 10 nitrogen and oxygen atoms in total. The summed E-state index contributed by atoms with van der Waals surface area (Å²) in [7, 11) is 0. The van der Waals surface area contributed by atoms with Crippen LogP contribution < -0.4 is 16.2 Å². The fraction of sp³-hybridized carbons (Fsp3) is 0.375. The number of nitro benzene ring substituents is 1. The van der Waals surface area contributed by atoms with Gasteiger partial charge in [-0.2, -0.15) is 0 Å². The second-order valence-electron chi connectivity index (χ2n) is 6.14. The predicted molar refractivity (Wildman–Crippen MR) is 91.6 cm³/mol. The van der Waals surface area contributed by atoms with Crippen molar-refractivity contribution in [2.75, 3.05) is 0 Å². The first-order valence-electron chi connectivity index (χ1n) is 8.18. The number of fused-ring (bicyclic) bond motifs is 1. The number of carbonyl (C=O) groups is 2. The molecule has 0 spiro atoms. The number of nitrogens with zero attached hydrogens (tertiary/aromatic N) is 3. The van der Waals surface area contributed by atoms with Gasteiger partial charge in [-0.1, -0.05) is 12.8 Å². The number of aromatic nitrogens is 2. The lowest BCUT2D eigenvalue weighted by molar-refractivity contribution is -0.384. The van der Waals surface area contributed by atoms with Crippen molar-refractivity contribution in [3.63, 3.8) is 0 Å². The molecule has 1 aromatic heterocycles. The van der Waals surface area contributed by atoms with Gasteiger partial charge in [-0.15, -0.1) is 0 Å². The van der Waals surface area contributed by atoms with E-state index in [1.54, 1.807) is 0 Å². The van der Waals surface area contributed by atoms with Crippen LogP contribution in [0.3, 0.4) is 0 Å². The topological polar surface area (TPSA) is 136 Å². The van der Waals surface area contributed by atoms with Crippen LogP contribution >= 0.6 is 0 Å². The number of nitro groups is 1. The zero-order valence-electron chi connectivity index (χ0n) is 13.8. The van der Waals surface area contributed by atoms with Gasteiger partial charge in [-0.3, -0.25) is 29.6 Å². The minimum absolute atomic E-state index is 0.0323. The summed E-state index contributed by atoms with van der Waals surface area (Å²) in [4.78, 5) is 50.5. The van der Waals surface area contributed by atoms with E-state index in [4.69, 9.17) is 0 Å². The summed E-state index contributed by atoms with van der Waals surface area (Å²) < 4.78 is 1.00. The summed E-state index contributed by atoms with van der Waals surface area (Å²) in [5.41, 5.74) is -0.546. The number of imide groups is 1. The first kappa shape index (κ1) is 17.5. The predicted octanol–water partition coefficient (Wildman–Crippen LogP) is 1.07. The second-order valence-corrected chi connectivity index (χ2v) is 6.14. The van der Waals surface area contributed by atoms with Crippen molar-refractivity contribution in [1.29, 1.82) is 0 Å². The largest absolute Gasteiger partial charge is 0.335 e. The van der Waals surface area contributed by atoms with Gasteiger partial charge < -0.3 is 5.32 Å². The van der Waals surface area contributed by atoms with Crippen LogP contribution in [0.25, 0.3) is 10.9 Å². The molecule has 0 atom stereocenters. The van der Waals surface area contributed by atoms with E-state index in [9.17, 15) is 24.5 Å². The highest BCUT2D eigenvalue weighted by atomic mass is 16.6. The van der Waals surface area contributed by atoms with Crippen molar-refractivity contribution in [2.24, 2.45) is 0 Å². The quantitative estimate of drug-likeness (QED) is 0.619. The fourth-order valence-corrected chi connectivity index (χ4v) is 2.99. The van der Waals surface area contributed by atoms with Gasteiger partial charge in [0.1, 0.15) is 6.54 Å². The zero-order valence-corrected chi connectivity index (χ0v) is 13.8. The maximum absolute atomic E-state index is 12.4. The highest BCUT2D eigenvalue weighted by molar-refractivity contribution is 5.94. The van der Waals surface area contributed by atoms with Crippen molar-refractivity contribution in [2.45, 2.75) is 38.3 Å². The van der Waals surface area contributed by atoms with Crippen molar-refractivity contribution in [3.05, 3.63) is 45.0 Å². The van der Waals surface area contributed by atoms with Gasteiger partial charge in [0.25, 0.3) is 11.2 Å². The zero-order chi connectivity index (χ0) is 18.7. The summed E-state index contributed by atoms with van der Waals surface area (Å²) in [6.07, 6.45) is 5.03. The van der Waals surface area contributed by atoms with E-state index in [1.165, 1.54) is 18.5 Å². The molecule has 0 saturated heterocycles. The Morgan fingerprint density at radius 3 is 2.73 bits per heavy atom. The molecule has 3 rings (SSSR count). The summed E-state index contributed by atoms with van der Waals surface area (Å²) in [6.45, 7) is -0.414. The lowest BCUT2D eigenvalue weighted by Crippen LogP contribution is -2.45. The van der Waals surface area contributed by atoms with Crippen LogP contribution in [-0.4, -0.2) is 32.5 Å². The molecule has 1 fully saturated rings.